The summed E-state index contributed by atoms with van der Waals surface area (Å²) in [6.07, 6.45) is 0.670. The molecule has 154 valence electrons. The number of piperazine rings is 1. The Labute approximate surface area is 164 Å². The number of hydrogen-bond acceptors (Lipinski definition) is 6. The first kappa shape index (κ1) is 19.3. The monoisotopic (exact) mass is 405 g/mol. The lowest BCUT2D eigenvalue weighted by atomic mass is 10.2. The summed E-state index contributed by atoms with van der Waals surface area (Å²) in [5, 5.41) is 19.1. The second-order valence-corrected chi connectivity index (χ2v) is 6.98. The van der Waals surface area contributed by atoms with Gasteiger partial charge in [-0.05, 0) is 18.2 Å². The predicted molar refractivity (Wildman–Crippen MR) is 104 cm³/mol. The van der Waals surface area contributed by atoms with Crippen LogP contribution in [0.2, 0.25) is 0 Å². The van der Waals surface area contributed by atoms with Gasteiger partial charge in [0.2, 0.25) is 5.95 Å². The Morgan fingerprint density at radius 1 is 1.10 bits per heavy atom. The van der Waals surface area contributed by atoms with Gasteiger partial charge in [-0.25, -0.2) is 8.78 Å². The largest absolute Gasteiger partial charge is 0.394 e. The maximum atomic E-state index is 14.0. The summed E-state index contributed by atoms with van der Waals surface area (Å²) in [6, 6.07) is 5.39. The van der Waals surface area contributed by atoms with Crippen molar-refractivity contribution in [1.29, 1.82) is 0 Å². The fourth-order valence-electron chi connectivity index (χ4n) is 3.58. The molecule has 3 heterocycles. The second-order valence-electron chi connectivity index (χ2n) is 6.98. The van der Waals surface area contributed by atoms with Crippen molar-refractivity contribution in [3.8, 4) is 0 Å². The maximum Gasteiger partial charge on any atom is 0.261 e. The zero-order valence-corrected chi connectivity index (χ0v) is 15.6. The minimum absolute atomic E-state index is 0.0454. The van der Waals surface area contributed by atoms with Crippen LogP contribution in [0.1, 0.15) is 0 Å². The molecule has 0 saturated carbocycles. The number of nitrogens with one attached hydrogen (secondary N) is 1. The summed E-state index contributed by atoms with van der Waals surface area (Å²) in [5.74, 6) is -0.854. The average molecular weight is 405 g/mol. The van der Waals surface area contributed by atoms with Gasteiger partial charge < -0.3 is 24.6 Å². The Morgan fingerprint density at radius 3 is 2.41 bits per heavy atom. The molecule has 0 radical (unpaired) electrons. The Hall–Kier alpha value is -2.98. The van der Waals surface area contributed by atoms with E-state index in [1.54, 1.807) is 21.7 Å². The third kappa shape index (κ3) is 3.68. The zero-order chi connectivity index (χ0) is 20.5. The summed E-state index contributed by atoms with van der Waals surface area (Å²) < 4.78 is 29.7. The van der Waals surface area contributed by atoms with E-state index in [2.05, 4.69) is 9.97 Å². The van der Waals surface area contributed by atoms with E-state index >= 15 is 0 Å². The normalized spacial score (nSPS) is 15.9. The molecule has 1 atom stereocenters. The molecule has 1 aromatic carbocycles. The lowest BCUT2D eigenvalue weighted by molar-refractivity contribution is 0.0821. The average Bonchev–Trinajstić information content (AvgIpc) is 3.11. The Balaban J connectivity index is 1.57. The van der Waals surface area contributed by atoms with E-state index in [1.807, 2.05) is 4.90 Å². The van der Waals surface area contributed by atoms with E-state index in [4.69, 9.17) is 5.11 Å². The van der Waals surface area contributed by atoms with Crippen LogP contribution in [0.15, 0.2) is 35.3 Å². The first-order valence-corrected chi connectivity index (χ1v) is 9.30. The van der Waals surface area contributed by atoms with Crippen molar-refractivity contribution in [2.24, 2.45) is 0 Å². The van der Waals surface area contributed by atoms with Crippen LogP contribution >= 0.6 is 0 Å². The highest BCUT2D eigenvalue weighted by atomic mass is 19.1. The van der Waals surface area contributed by atoms with Gasteiger partial charge in [0.05, 0.1) is 24.6 Å². The fourth-order valence-corrected chi connectivity index (χ4v) is 3.58. The third-order valence-electron chi connectivity index (χ3n) is 5.07. The molecule has 0 spiro atoms. The number of aliphatic hydroxyl groups excluding tert-OH is 2. The molecule has 2 aromatic heterocycles. The third-order valence-corrected chi connectivity index (χ3v) is 5.07. The summed E-state index contributed by atoms with van der Waals surface area (Å²) >= 11 is 0. The van der Waals surface area contributed by atoms with Crippen LogP contribution in [0.25, 0.3) is 11.0 Å². The smallest absolute Gasteiger partial charge is 0.261 e. The summed E-state index contributed by atoms with van der Waals surface area (Å²) in [4.78, 5) is 23.2. The molecule has 0 aliphatic carbocycles. The highest BCUT2D eigenvalue weighted by molar-refractivity contribution is 5.76. The van der Waals surface area contributed by atoms with E-state index < -0.39 is 24.3 Å². The van der Waals surface area contributed by atoms with Crippen LogP contribution in [-0.2, 0) is 6.54 Å². The lowest BCUT2D eigenvalue weighted by Crippen LogP contribution is -2.48. The number of nitrogens with zero attached hydrogens (tertiary/aromatic N) is 4. The number of fused-ring (bicyclic) bond motifs is 1. The van der Waals surface area contributed by atoms with Crippen molar-refractivity contribution in [2.45, 2.75) is 12.6 Å². The van der Waals surface area contributed by atoms with Crippen LogP contribution in [0.4, 0.5) is 20.4 Å². The highest BCUT2D eigenvalue weighted by Crippen LogP contribution is 2.25. The molecule has 1 saturated heterocycles. The van der Waals surface area contributed by atoms with E-state index in [0.717, 1.165) is 0 Å². The summed E-state index contributed by atoms with van der Waals surface area (Å²) in [5.41, 5.74) is 0.0413. The Kier molecular flexibility index (Phi) is 5.20. The number of rotatable bonds is 5. The number of para-hydroxylation sites is 1. The van der Waals surface area contributed by atoms with Crippen LogP contribution < -0.4 is 15.4 Å². The van der Waals surface area contributed by atoms with Crippen LogP contribution in [0.3, 0.4) is 0 Å². The Morgan fingerprint density at radius 2 is 1.76 bits per heavy atom. The molecule has 0 bridgehead atoms. The van der Waals surface area contributed by atoms with E-state index in [9.17, 15) is 18.7 Å². The topological polar surface area (TPSA) is 97.6 Å². The van der Waals surface area contributed by atoms with Crippen LogP contribution in [0, 0.1) is 11.6 Å². The molecule has 4 rings (SSSR count). The molecule has 8 nitrogen and oxygen atoms in total. The maximum absolute atomic E-state index is 14.0. The number of benzene rings is 1. The molecule has 10 heteroatoms. The van der Waals surface area contributed by atoms with Gasteiger partial charge in [0, 0.05) is 32.4 Å². The predicted octanol–water partition coefficient (Wildman–Crippen LogP) is 0.683. The lowest BCUT2D eigenvalue weighted by Gasteiger charge is -2.36. The number of H-pyrrole nitrogens is 1. The van der Waals surface area contributed by atoms with Gasteiger partial charge in [-0.3, -0.25) is 9.78 Å². The number of halogens is 2. The van der Waals surface area contributed by atoms with Crippen LogP contribution in [-0.4, -0.2) is 63.6 Å². The summed E-state index contributed by atoms with van der Waals surface area (Å²) in [6.45, 7) is 1.28. The second kappa shape index (κ2) is 7.80. The van der Waals surface area contributed by atoms with Crippen molar-refractivity contribution < 1.29 is 19.0 Å². The van der Waals surface area contributed by atoms with E-state index in [-0.39, 0.29) is 17.8 Å². The van der Waals surface area contributed by atoms with Gasteiger partial charge >= 0.3 is 0 Å². The molecular formula is C19H21F2N5O3. The molecule has 3 N–H and O–H groups in total. The zero-order valence-electron chi connectivity index (χ0n) is 15.6. The quantitative estimate of drug-likeness (QED) is 0.578. The molecule has 1 unspecified atom stereocenters. The number of hydrogen-bond donors (Lipinski definition) is 3. The fraction of sp³-hybridized carbons (Fsp3) is 0.368. The summed E-state index contributed by atoms with van der Waals surface area (Å²) in [7, 11) is 0. The highest BCUT2D eigenvalue weighted by Gasteiger charge is 2.24. The first-order valence-electron chi connectivity index (χ1n) is 9.30. The van der Waals surface area contributed by atoms with Crippen LogP contribution in [0.5, 0.6) is 0 Å². The molecule has 1 aliphatic rings. The molecule has 3 aromatic rings. The Bertz CT molecular complexity index is 1060. The number of aliphatic hydroxyl groups is 2. The van der Waals surface area contributed by atoms with E-state index in [0.29, 0.717) is 43.2 Å². The van der Waals surface area contributed by atoms with Gasteiger partial charge in [-0.1, -0.05) is 6.07 Å². The van der Waals surface area contributed by atoms with Crippen molar-refractivity contribution in [3.63, 3.8) is 0 Å². The number of anilines is 2. The minimum atomic E-state index is -0.964. The molecule has 0 amide bonds. The standard InChI is InChI=1S/C19H21F2N5O3/c20-14-2-1-3-15(21)16(14)24-6-8-25(9-7-24)19-22-17-13(18(29)23-19)4-5-26(17)10-12(28)11-27/h1-5,12,27-28H,6-11H2,(H,22,23,29). The molecule has 1 aliphatic heterocycles. The van der Waals surface area contributed by atoms with Crippen molar-refractivity contribution in [3.05, 3.63) is 52.5 Å². The molecule has 29 heavy (non-hydrogen) atoms. The van der Waals surface area contributed by atoms with Gasteiger partial charge in [0.15, 0.2) is 0 Å². The molecule has 1 fully saturated rings. The van der Waals surface area contributed by atoms with Gasteiger partial charge in [0.1, 0.15) is 23.0 Å². The van der Waals surface area contributed by atoms with E-state index in [1.165, 1.54) is 18.2 Å². The van der Waals surface area contributed by atoms with Gasteiger partial charge in [-0.15, -0.1) is 0 Å². The minimum Gasteiger partial charge on any atom is -0.394 e. The van der Waals surface area contributed by atoms with Gasteiger partial charge in [-0.2, -0.15) is 4.98 Å². The SMILES string of the molecule is O=c1[nH]c(N2CCN(c3c(F)cccc3F)CC2)nc2c1ccn2CC(O)CO. The number of aromatic nitrogens is 3. The van der Waals surface area contributed by atoms with Gasteiger partial charge in [0.25, 0.3) is 5.56 Å². The first-order chi connectivity index (χ1) is 14.0. The van der Waals surface area contributed by atoms with Crippen molar-refractivity contribution in [1.82, 2.24) is 14.5 Å². The molecular weight excluding hydrogens is 384 g/mol. The number of aromatic amines is 1. The van der Waals surface area contributed by atoms with Crippen molar-refractivity contribution >= 4 is 22.7 Å². The van der Waals surface area contributed by atoms with Crippen molar-refractivity contribution in [2.75, 3.05) is 42.6 Å².